The first-order valence-corrected chi connectivity index (χ1v) is 8.76. The SMILES string of the molecule is CC(C)=CCc1c(O)ccc2c1OC(c1cc(C)c(O)c(C)c1)CC2=O. The van der Waals surface area contributed by atoms with Crippen molar-refractivity contribution in [1.29, 1.82) is 0 Å². The highest BCUT2D eigenvalue weighted by Crippen LogP contribution is 2.42. The Hall–Kier alpha value is -2.75. The molecular weight excluding hydrogens is 328 g/mol. The number of ether oxygens (including phenoxy) is 1. The summed E-state index contributed by atoms with van der Waals surface area (Å²) in [5.74, 6) is 0.858. The van der Waals surface area contributed by atoms with Crippen LogP contribution < -0.4 is 4.74 Å². The number of carbonyl (C=O) groups excluding carboxylic acids is 1. The van der Waals surface area contributed by atoms with Crippen molar-refractivity contribution in [2.45, 2.75) is 46.6 Å². The first kappa shape index (κ1) is 18.1. The molecule has 0 aliphatic carbocycles. The maximum atomic E-state index is 12.7. The second-order valence-electron chi connectivity index (χ2n) is 7.16. The number of Topliss-reactive ketones (excluding diaryl/α,β-unsaturated/α-hetero) is 1. The molecule has 0 radical (unpaired) electrons. The van der Waals surface area contributed by atoms with E-state index in [1.54, 1.807) is 12.1 Å². The van der Waals surface area contributed by atoms with E-state index in [1.807, 2.05) is 45.9 Å². The topological polar surface area (TPSA) is 66.8 Å². The molecule has 1 aliphatic heterocycles. The third kappa shape index (κ3) is 3.32. The van der Waals surface area contributed by atoms with Crippen molar-refractivity contribution >= 4 is 5.78 Å². The predicted molar refractivity (Wildman–Crippen MR) is 101 cm³/mol. The smallest absolute Gasteiger partial charge is 0.170 e. The molecule has 0 amide bonds. The maximum Gasteiger partial charge on any atom is 0.170 e. The zero-order chi connectivity index (χ0) is 19.0. The lowest BCUT2D eigenvalue weighted by atomic mass is 9.91. The van der Waals surface area contributed by atoms with E-state index in [-0.39, 0.29) is 23.7 Å². The van der Waals surface area contributed by atoms with Crippen LogP contribution in [-0.2, 0) is 6.42 Å². The summed E-state index contributed by atoms with van der Waals surface area (Å²) in [5, 5.41) is 20.3. The Labute approximate surface area is 153 Å². The molecule has 136 valence electrons. The summed E-state index contributed by atoms with van der Waals surface area (Å²) in [6.07, 6.45) is 2.32. The molecular formula is C22H24O4. The Morgan fingerprint density at radius 3 is 2.46 bits per heavy atom. The van der Waals surface area contributed by atoms with E-state index in [0.29, 0.717) is 23.3 Å². The van der Waals surface area contributed by atoms with Gasteiger partial charge in [-0.25, -0.2) is 0 Å². The third-order valence-corrected chi connectivity index (χ3v) is 4.77. The quantitative estimate of drug-likeness (QED) is 0.769. The highest BCUT2D eigenvalue weighted by atomic mass is 16.5. The Balaban J connectivity index is 2.05. The van der Waals surface area contributed by atoms with Gasteiger partial charge in [-0.1, -0.05) is 11.6 Å². The number of hydrogen-bond donors (Lipinski definition) is 2. The highest BCUT2D eigenvalue weighted by Gasteiger charge is 2.31. The minimum Gasteiger partial charge on any atom is -0.508 e. The molecule has 0 saturated carbocycles. The first-order chi connectivity index (χ1) is 12.3. The average Bonchev–Trinajstić information content (AvgIpc) is 2.57. The number of allylic oxidation sites excluding steroid dienone is 2. The molecule has 4 heteroatoms. The summed E-state index contributed by atoms with van der Waals surface area (Å²) in [5.41, 5.74) is 4.64. The number of benzene rings is 2. The van der Waals surface area contributed by atoms with Crippen molar-refractivity contribution in [3.63, 3.8) is 0 Å². The van der Waals surface area contributed by atoms with Crippen molar-refractivity contribution in [3.8, 4) is 17.2 Å². The van der Waals surface area contributed by atoms with Gasteiger partial charge in [0.1, 0.15) is 23.4 Å². The monoisotopic (exact) mass is 352 g/mol. The molecule has 2 aromatic carbocycles. The van der Waals surface area contributed by atoms with Gasteiger partial charge in [0.15, 0.2) is 5.78 Å². The van der Waals surface area contributed by atoms with Gasteiger partial charge in [0.25, 0.3) is 0 Å². The highest BCUT2D eigenvalue weighted by molar-refractivity contribution is 6.00. The van der Waals surface area contributed by atoms with Gasteiger partial charge in [-0.2, -0.15) is 0 Å². The van der Waals surface area contributed by atoms with Gasteiger partial charge in [-0.05, 0) is 75.1 Å². The number of aryl methyl sites for hydroxylation is 2. The summed E-state index contributed by atoms with van der Waals surface area (Å²) in [7, 11) is 0. The molecule has 2 N–H and O–H groups in total. The molecule has 0 bridgehead atoms. The fourth-order valence-corrected chi connectivity index (χ4v) is 3.30. The van der Waals surface area contributed by atoms with Gasteiger partial charge >= 0.3 is 0 Å². The lowest BCUT2D eigenvalue weighted by molar-refractivity contribution is 0.0847. The molecule has 0 aromatic heterocycles. The molecule has 0 spiro atoms. The number of rotatable bonds is 3. The van der Waals surface area contributed by atoms with Crippen LogP contribution in [-0.4, -0.2) is 16.0 Å². The van der Waals surface area contributed by atoms with Gasteiger partial charge in [0, 0.05) is 5.56 Å². The Bertz CT molecular complexity index is 882. The van der Waals surface area contributed by atoms with Crippen molar-refractivity contribution < 1.29 is 19.7 Å². The summed E-state index contributed by atoms with van der Waals surface area (Å²) < 4.78 is 6.19. The first-order valence-electron chi connectivity index (χ1n) is 8.76. The van der Waals surface area contributed by atoms with Crippen molar-refractivity contribution in [2.24, 2.45) is 0 Å². The number of ketones is 1. The number of aromatic hydroxyl groups is 2. The predicted octanol–water partition coefficient (Wildman–Crippen LogP) is 4.93. The fraction of sp³-hybridized carbons (Fsp3) is 0.318. The van der Waals surface area contributed by atoms with E-state index >= 15 is 0 Å². The Morgan fingerprint density at radius 2 is 1.85 bits per heavy atom. The molecule has 1 heterocycles. The van der Waals surface area contributed by atoms with E-state index in [1.165, 1.54) is 0 Å². The fourth-order valence-electron chi connectivity index (χ4n) is 3.30. The molecule has 0 saturated heterocycles. The minimum absolute atomic E-state index is 0.00178. The van der Waals surface area contributed by atoms with Gasteiger partial charge in [0.05, 0.1) is 12.0 Å². The molecule has 0 fully saturated rings. The lowest BCUT2D eigenvalue weighted by Crippen LogP contribution is -2.21. The van der Waals surface area contributed by atoms with Crippen LogP contribution in [0.25, 0.3) is 0 Å². The largest absolute Gasteiger partial charge is 0.508 e. The van der Waals surface area contributed by atoms with E-state index in [2.05, 4.69) is 0 Å². The van der Waals surface area contributed by atoms with Crippen LogP contribution >= 0.6 is 0 Å². The van der Waals surface area contributed by atoms with E-state index in [4.69, 9.17) is 4.74 Å². The third-order valence-electron chi connectivity index (χ3n) is 4.77. The summed E-state index contributed by atoms with van der Waals surface area (Å²) in [6.45, 7) is 7.64. The van der Waals surface area contributed by atoms with Crippen molar-refractivity contribution in [3.05, 3.63) is 63.7 Å². The van der Waals surface area contributed by atoms with Crippen molar-refractivity contribution in [1.82, 2.24) is 0 Å². The summed E-state index contributed by atoms with van der Waals surface area (Å²) in [6, 6.07) is 6.89. The zero-order valence-corrected chi connectivity index (χ0v) is 15.6. The minimum atomic E-state index is -0.430. The van der Waals surface area contributed by atoms with E-state index < -0.39 is 6.10 Å². The van der Waals surface area contributed by atoms with Crippen LogP contribution in [0.3, 0.4) is 0 Å². The number of fused-ring (bicyclic) bond motifs is 1. The lowest BCUT2D eigenvalue weighted by Gasteiger charge is -2.28. The molecule has 26 heavy (non-hydrogen) atoms. The van der Waals surface area contributed by atoms with Crippen LogP contribution in [0.15, 0.2) is 35.9 Å². The van der Waals surface area contributed by atoms with Crippen LogP contribution in [0, 0.1) is 13.8 Å². The zero-order valence-electron chi connectivity index (χ0n) is 15.6. The molecule has 1 aliphatic rings. The Kier molecular flexibility index (Phi) is 4.77. The van der Waals surface area contributed by atoms with Gasteiger partial charge in [-0.3, -0.25) is 4.79 Å². The normalized spacial score (nSPS) is 16.0. The molecule has 1 unspecified atom stereocenters. The maximum absolute atomic E-state index is 12.7. The Morgan fingerprint density at radius 1 is 1.19 bits per heavy atom. The van der Waals surface area contributed by atoms with Crippen LogP contribution in [0.2, 0.25) is 0 Å². The summed E-state index contributed by atoms with van der Waals surface area (Å²) >= 11 is 0. The van der Waals surface area contributed by atoms with Gasteiger partial charge in [-0.15, -0.1) is 0 Å². The number of hydrogen-bond acceptors (Lipinski definition) is 4. The second kappa shape index (κ2) is 6.87. The standard InChI is InChI=1S/C22H24O4/c1-12(2)5-6-16-18(23)8-7-17-19(24)11-20(26-22(16)17)15-9-13(3)21(25)14(4)10-15/h5,7-10,20,23,25H,6,11H2,1-4H3. The van der Waals surface area contributed by atoms with Gasteiger partial charge in [0.2, 0.25) is 0 Å². The van der Waals surface area contributed by atoms with Crippen LogP contribution in [0.4, 0.5) is 0 Å². The molecule has 4 nitrogen and oxygen atoms in total. The van der Waals surface area contributed by atoms with E-state index in [9.17, 15) is 15.0 Å². The van der Waals surface area contributed by atoms with E-state index in [0.717, 1.165) is 22.3 Å². The number of phenols is 2. The number of carbonyl (C=O) groups is 1. The van der Waals surface area contributed by atoms with Crippen LogP contribution in [0.1, 0.15) is 59.0 Å². The summed E-state index contributed by atoms with van der Waals surface area (Å²) in [4.78, 5) is 12.7. The molecule has 2 aromatic rings. The second-order valence-corrected chi connectivity index (χ2v) is 7.16. The van der Waals surface area contributed by atoms with Gasteiger partial charge < -0.3 is 14.9 Å². The van der Waals surface area contributed by atoms with Crippen molar-refractivity contribution in [2.75, 3.05) is 0 Å². The van der Waals surface area contributed by atoms with Crippen LogP contribution in [0.5, 0.6) is 17.2 Å². The number of phenolic OH excluding ortho intramolecular Hbond substituents is 2. The molecule has 1 atom stereocenters. The molecule has 3 rings (SSSR count). The average molecular weight is 352 g/mol.